The number of benzene rings is 9. The van der Waals surface area contributed by atoms with Crippen molar-refractivity contribution in [2.75, 3.05) is 0 Å². The van der Waals surface area contributed by atoms with Crippen molar-refractivity contribution in [3.63, 3.8) is 0 Å². The van der Waals surface area contributed by atoms with E-state index in [0.29, 0.717) is 5.82 Å². The molecule has 0 bridgehead atoms. The molecule has 12 aromatic rings. The second-order valence-electron chi connectivity index (χ2n) is 17.5. The van der Waals surface area contributed by atoms with Gasteiger partial charge in [0.05, 0.1) is 28.0 Å². The predicted molar refractivity (Wildman–Crippen MR) is 278 cm³/mol. The van der Waals surface area contributed by atoms with Gasteiger partial charge >= 0.3 is 0 Å². The fraction of sp³-hybridized carbons (Fsp3) is 0.0156. The first kappa shape index (κ1) is 39.4. The minimum absolute atomic E-state index is 0.525. The van der Waals surface area contributed by atoms with Crippen molar-refractivity contribution in [3.05, 3.63) is 277 Å². The lowest BCUT2D eigenvalue weighted by molar-refractivity contribution is 0.768. The molecule has 9 aromatic carbocycles. The monoisotopic (exact) mass is 866 g/mol. The highest BCUT2D eigenvalue weighted by atomic mass is 15.2. The first-order valence-corrected chi connectivity index (χ1v) is 23.2. The van der Waals surface area contributed by atoms with E-state index in [2.05, 4.69) is 241 Å². The average Bonchev–Trinajstić information content (AvgIpc) is 3.97. The summed E-state index contributed by atoms with van der Waals surface area (Å²) >= 11 is 0. The molecule has 4 heteroatoms. The molecule has 3 heterocycles. The minimum atomic E-state index is -0.525. The summed E-state index contributed by atoms with van der Waals surface area (Å²) in [6.45, 7) is 0. The molecule has 0 atom stereocenters. The van der Waals surface area contributed by atoms with Crippen LogP contribution in [0.4, 0.5) is 0 Å². The Balaban J connectivity index is 0.993. The second kappa shape index (κ2) is 16.2. The summed E-state index contributed by atoms with van der Waals surface area (Å²) in [4.78, 5) is 10.6. The van der Waals surface area contributed by atoms with Crippen LogP contribution in [0, 0.1) is 0 Å². The van der Waals surface area contributed by atoms with Crippen LogP contribution in [-0.2, 0) is 5.41 Å². The summed E-state index contributed by atoms with van der Waals surface area (Å²) in [6, 6.07) is 91.0. The molecule has 1 aliphatic rings. The van der Waals surface area contributed by atoms with Gasteiger partial charge in [-0.05, 0) is 62.5 Å². The van der Waals surface area contributed by atoms with E-state index in [9.17, 15) is 0 Å². The number of rotatable bonds is 8. The van der Waals surface area contributed by atoms with Crippen LogP contribution in [0.25, 0.3) is 95.0 Å². The van der Waals surface area contributed by atoms with Gasteiger partial charge in [0.2, 0.25) is 0 Å². The zero-order valence-corrected chi connectivity index (χ0v) is 37.0. The second-order valence-corrected chi connectivity index (χ2v) is 17.5. The maximum atomic E-state index is 5.44. The Morgan fingerprint density at radius 1 is 0.353 bits per heavy atom. The van der Waals surface area contributed by atoms with Crippen LogP contribution in [0.2, 0.25) is 0 Å². The molecule has 68 heavy (non-hydrogen) atoms. The van der Waals surface area contributed by atoms with Crippen molar-refractivity contribution in [2.24, 2.45) is 0 Å². The molecule has 0 saturated heterocycles. The quantitative estimate of drug-likeness (QED) is 0.153. The van der Waals surface area contributed by atoms with Crippen molar-refractivity contribution in [1.82, 2.24) is 19.6 Å². The van der Waals surface area contributed by atoms with Gasteiger partial charge in [-0.15, -0.1) is 0 Å². The lowest BCUT2D eigenvalue weighted by Crippen LogP contribution is -2.28. The third kappa shape index (κ3) is 6.34. The molecule has 0 aliphatic heterocycles. The van der Waals surface area contributed by atoms with Crippen LogP contribution in [0.15, 0.2) is 255 Å². The fourth-order valence-corrected chi connectivity index (χ4v) is 10.6. The first-order chi connectivity index (χ1) is 33.7. The number of hydrogen-bond acceptors (Lipinski definition) is 3. The number of hydrogen-bond donors (Lipinski definition) is 0. The topological polar surface area (TPSA) is 43.1 Å². The van der Waals surface area contributed by atoms with E-state index in [0.717, 1.165) is 72.6 Å². The lowest BCUT2D eigenvalue weighted by atomic mass is 9.67. The molecule has 3 aromatic heterocycles. The molecule has 1 aliphatic carbocycles. The van der Waals surface area contributed by atoms with Crippen LogP contribution >= 0.6 is 0 Å². The molecule has 0 amide bonds. The summed E-state index contributed by atoms with van der Waals surface area (Å²) in [6.07, 6.45) is 0. The van der Waals surface area contributed by atoms with Crippen molar-refractivity contribution in [1.29, 1.82) is 0 Å². The molecule has 0 radical (unpaired) electrons. The molecular weight excluding hydrogens is 825 g/mol. The minimum Gasteiger partial charge on any atom is -0.231 e. The highest BCUT2D eigenvalue weighted by Crippen LogP contribution is 2.56. The highest BCUT2D eigenvalue weighted by Gasteiger charge is 2.46. The van der Waals surface area contributed by atoms with Crippen LogP contribution in [0.1, 0.15) is 22.3 Å². The van der Waals surface area contributed by atoms with Gasteiger partial charge in [-0.3, -0.25) is 0 Å². The number of pyridine rings is 1. The predicted octanol–water partition coefficient (Wildman–Crippen LogP) is 15.6. The summed E-state index contributed by atoms with van der Waals surface area (Å²) < 4.78 is 2.14. The normalized spacial score (nSPS) is 12.5. The van der Waals surface area contributed by atoms with E-state index in [-0.39, 0.29) is 0 Å². The van der Waals surface area contributed by atoms with Gasteiger partial charge in [0.15, 0.2) is 5.82 Å². The molecule has 0 fully saturated rings. The van der Waals surface area contributed by atoms with Gasteiger partial charge in [0, 0.05) is 38.8 Å². The van der Waals surface area contributed by atoms with Gasteiger partial charge in [-0.1, -0.05) is 237 Å². The molecule has 0 spiro atoms. The van der Waals surface area contributed by atoms with E-state index < -0.39 is 5.41 Å². The van der Waals surface area contributed by atoms with Gasteiger partial charge in [-0.2, -0.15) is 5.10 Å². The molecule has 0 unspecified atom stereocenters. The maximum Gasteiger partial charge on any atom is 0.160 e. The Bertz CT molecular complexity index is 3770. The maximum absolute atomic E-state index is 5.44. The lowest BCUT2D eigenvalue weighted by Gasteiger charge is -2.34. The standard InChI is InChI=1S/C64H42N4/c1-6-20-44(21-7-1)59-41-48-26-16-17-31-52(48)62-60(61(67-68(59)62)46-22-8-2-9-23-46)45-36-34-43(35-37-45)57-42-58(66-63(65-57)47-24-10-3-11-25-47)49-38-39-54-53-32-18-19-33-55(53)64(56(54)40-49,50-27-12-4-13-28-50)51-29-14-5-15-30-51/h1-42H. The number of aromatic nitrogens is 4. The van der Waals surface area contributed by atoms with Crippen LogP contribution in [-0.4, -0.2) is 19.6 Å². The number of fused-ring (bicyclic) bond motifs is 6. The Labute approximate surface area is 395 Å². The van der Waals surface area contributed by atoms with Gasteiger partial charge in [0.25, 0.3) is 0 Å². The van der Waals surface area contributed by atoms with E-state index in [4.69, 9.17) is 15.1 Å². The third-order valence-corrected chi connectivity index (χ3v) is 13.7. The van der Waals surface area contributed by atoms with Crippen LogP contribution in [0.3, 0.4) is 0 Å². The summed E-state index contributed by atoms with van der Waals surface area (Å²) in [7, 11) is 0. The molecule has 318 valence electrons. The Hall–Kier alpha value is -8.99. The summed E-state index contributed by atoms with van der Waals surface area (Å²) in [5, 5.41) is 7.75. The third-order valence-electron chi connectivity index (χ3n) is 13.7. The van der Waals surface area contributed by atoms with Gasteiger partial charge in [0.1, 0.15) is 5.69 Å². The zero-order chi connectivity index (χ0) is 45.0. The van der Waals surface area contributed by atoms with E-state index in [1.54, 1.807) is 0 Å². The van der Waals surface area contributed by atoms with Crippen molar-refractivity contribution in [3.8, 4) is 78.7 Å². The van der Waals surface area contributed by atoms with Gasteiger partial charge < -0.3 is 0 Å². The Morgan fingerprint density at radius 3 is 1.54 bits per heavy atom. The number of nitrogens with zero attached hydrogens (tertiary/aromatic N) is 4. The molecule has 0 saturated carbocycles. The van der Waals surface area contributed by atoms with E-state index in [1.165, 1.54) is 38.8 Å². The van der Waals surface area contributed by atoms with Gasteiger partial charge in [-0.25, -0.2) is 14.5 Å². The van der Waals surface area contributed by atoms with Crippen molar-refractivity contribution >= 4 is 16.3 Å². The average molecular weight is 867 g/mol. The molecular formula is C64H42N4. The zero-order valence-electron chi connectivity index (χ0n) is 37.0. The largest absolute Gasteiger partial charge is 0.231 e. The highest BCUT2D eigenvalue weighted by molar-refractivity contribution is 6.08. The molecule has 13 rings (SSSR count). The van der Waals surface area contributed by atoms with Crippen molar-refractivity contribution < 1.29 is 0 Å². The smallest absolute Gasteiger partial charge is 0.160 e. The first-order valence-electron chi connectivity index (χ1n) is 23.2. The SMILES string of the molecule is c1ccc(-c2nc(-c3ccc(-c4c(-c5ccccc5)nn5c(-c6ccccc6)cc6ccccc6c45)cc3)cc(-c3ccc4c(c3)C(c3ccccc3)(c3ccccc3)c3ccccc3-4)n2)cc1. The van der Waals surface area contributed by atoms with Crippen LogP contribution < -0.4 is 0 Å². The van der Waals surface area contributed by atoms with Crippen molar-refractivity contribution in [2.45, 2.75) is 5.41 Å². The molecule has 0 N–H and O–H groups in total. The summed E-state index contributed by atoms with van der Waals surface area (Å²) in [5.41, 5.74) is 19.0. The fourth-order valence-electron chi connectivity index (χ4n) is 10.6. The van der Waals surface area contributed by atoms with Crippen LogP contribution in [0.5, 0.6) is 0 Å². The van der Waals surface area contributed by atoms with E-state index in [1.807, 2.05) is 18.2 Å². The summed E-state index contributed by atoms with van der Waals surface area (Å²) in [5.74, 6) is 0.678. The van der Waals surface area contributed by atoms with E-state index >= 15 is 0 Å². The Morgan fingerprint density at radius 2 is 0.868 bits per heavy atom. The Kier molecular flexibility index (Phi) is 9.36. The molecule has 4 nitrogen and oxygen atoms in total.